The molecule has 1 nitrogen and oxygen atoms in total. The third-order valence-corrected chi connectivity index (χ3v) is 1.00. The molecule has 0 aromatic heterocycles. The van der Waals surface area contributed by atoms with Crippen molar-refractivity contribution in [2.24, 2.45) is 0 Å². The average Bonchev–Trinajstić information content (AvgIpc) is 1.64. The molecule has 0 fully saturated rings. The van der Waals surface area contributed by atoms with Crippen molar-refractivity contribution in [1.29, 1.82) is 0 Å². The van der Waals surface area contributed by atoms with E-state index in [-0.39, 0.29) is 14.1 Å². The second-order valence-corrected chi connectivity index (χ2v) is 1.84. The van der Waals surface area contributed by atoms with Gasteiger partial charge in [-0.05, 0) is 24.6 Å². The van der Waals surface area contributed by atoms with Crippen LogP contribution in [0.5, 0.6) is 5.75 Å². The largest absolute Gasteiger partial charge is 0.508 e. The number of rotatable bonds is 0. The molecular weight excluding hydrogens is 157 g/mol. The van der Waals surface area contributed by atoms with Gasteiger partial charge in [0.1, 0.15) is 5.75 Å². The van der Waals surface area contributed by atoms with Crippen LogP contribution in [0.15, 0.2) is 24.3 Å². The predicted molar refractivity (Wildman–Crippen MR) is 40.4 cm³/mol. The Morgan fingerprint density at radius 3 is 1.91 bits per heavy atom. The zero-order valence-electron chi connectivity index (χ0n) is 5.98. The summed E-state index contributed by atoms with van der Waals surface area (Å²) in [7, 11) is 0. The van der Waals surface area contributed by atoms with Gasteiger partial charge in [0.15, 0.2) is 0 Å². The Morgan fingerprint density at radius 2 is 1.64 bits per heavy atom. The quantitative estimate of drug-likeness (QED) is 0.629. The molecule has 1 N–H and O–H groups in total. The summed E-state index contributed by atoms with van der Waals surface area (Å²) < 4.78 is 0. The highest BCUT2D eigenvalue weighted by molar-refractivity contribution is 5.25. The molecule has 1 aromatic carbocycles. The van der Waals surface area contributed by atoms with Gasteiger partial charge in [0, 0.05) is 0 Å². The minimum absolute atomic E-state index is 0. The molecule has 66 valence electrons. The highest BCUT2D eigenvalue weighted by Crippen LogP contribution is 2.08. The molecule has 0 aliphatic rings. The zero-order chi connectivity index (χ0) is 5.98. The van der Waals surface area contributed by atoms with E-state index in [1.165, 1.54) is 0 Å². The topological polar surface area (TPSA) is 20.2 Å². The second kappa shape index (κ2) is 6.92. The van der Waals surface area contributed by atoms with Crippen molar-refractivity contribution >= 4 is 0 Å². The van der Waals surface area contributed by atoms with Crippen molar-refractivity contribution in [3.8, 4) is 5.75 Å². The summed E-state index contributed by atoms with van der Waals surface area (Å²) in [6.07, 6.45) is 0. The monoisotopic (exact) mass is 168 g/mol. The van der Waals surface area contributed by atoms with E-state index in [0.29, 0.717) is 5.75 Å². The molecule has 0 heterocycles. The van der Waals surface area contributed by atoms with E-state index in [2.05, 4.69) is 0 Å². The zero-order valence-corrected chi connectivity index (χ0v) is 5.98. The Bertz CT molecular complexity index is 174. The van der Waals surface area contributed by atoms with Crippen LogP contribution in [-0.2, 0) is 0 Å². The lowest BCUT2D eigenvalue weighted by molar-refractivity contribution is 0.475. The molecule has 0 saturated carbocycles. The maximum absolute atomic E-state index is 8.81. The Kier molecular flexibility index (Phi) is 10.3. The SMILES string of the molecule is Cc1cccc(O)c1.F.F.F. The van der Waals surface area contributed by atoms with Crippen molar-refractivity contribution in [3.05, 3.63) is 29.8 Å². The summed E-state index contributed by atoms with van der Waals surface area (Å²) in [4.78, 5) is 0. The van der Waals surface area contributed by atoms with E-state index >= 15 is 0 Å². The molecule has 11 heavy (non-hydrogen) atoms. The van der Waals surface area contributed by atoms with E-state index < -0.39 is 0 Å². The molecule has 0 bridgehead atoms. The summed E-state index contributed by atoms with van der Waals surface area (Å²) in [5.74, 6) is 0.338. The van der Waals surface area contributed by atoms with E-state index in [4.69, 9.17) is 5.11 Å². The Morgan fingerprint density at radius 1 is 1.09 bits per heavy atom. The summed E-state index contributed by atoms with van der Waals surface area (Å²) in [5, 5.41) is 8.81. The highest BCUT2D eigenvalue weighted by Gasteiger charge is 1.83. The molecule has 0 unspecified atom stereocenters. The Hall–Kier alpha value is -1.19. The van der Waals surface area contributed by atoms with Gasteiger partial charge in [-0.3, -0.25) is 14.1 Å². The molecule has 4 heteroatoms. The molecule has 0 atom stereocenters. The minimum Gasteiger partial charge on any atom is -0.508 e. The smallest absolute Gasteiger partial charge is 0.115 e. The molecule has 0 radical (unpaired) electrons. The first-order valence-electron chi connectivity index (χ1n) is 2.54. The van der Waals surface area contributed by atoms with Gasteiger partial charge in [-0.25, -0.2) is 0 Å². The molecular formula is C7H11F3O. The van der Waals surface area contributed by atoms with Crippen molar-refractivity contribution < 1.29 is 19.2 Å². The first-order chi connectivity index (χ1) is 3.79. The highest BCUT2D eigenvalue weighted by atomic mass is 19.0. The number of phenols is 1. The number of aromatic hydroxyl groups is 1. The van der Waals surface area contributed by atoms with E-state index in [9.17, 15) is 0 Å². The number of hydrogen-bond acceptors (Lipinski definition) is 1. The Balaban J connectivity index is -0.000000213. The summed E-state index contributed by atoms with van der Waals surface area (Å²) in [6, 6.07) is 7.15. The van der Waals surface area contributed by atoms with Crippen molar-refractivity contribution in [2.75, 3.05) is 0 Å². The van der Waals surface area contributed by atoms with Crippen LogP contribution in [0.4, 0.5) is 14.1 Å². The lowest BCUT2D eigenvalue weighted by Crippen LogP contribution is -1.66. The molecule has 0 aliphatic carbocycles. The Labute approximate surface area is 62.8 Å². The standard InChI is InChI=1S/C7H8O.3FH/c1-6-3-2-4-7(8)5-6;;;/h2-5,8H,1H3;3*1H. The minimum atomic E-state index is 0. The predicted octanol–water partition coefficient (Wildman–Crippen LogP) is 2.16. The maximum atomic E-state index is 8.81. The fourth-order valence-corrected chi connectivity index (χ4v) is 0.628. The van der Waals surface area contributed by atoms with Crippen molar-refractivity contribution in [3.63, 3.8) is 0 Å². The van der Waals surface area contributed by atoms with Crippen LogP contribution in [0.1, 0.15) is 5.56 Å². The fraction of sp³-hybridized carbons (Fsp3) is 0.143. The van der Waals surface area contributed by atoms with Gasteiger partial charge in [0.05, 0.1) is 0 Å². The first-order valence-corrected chi connectivity index (χ1v) is 2.54. The normalized spacial score (nSPS) is 6.64. The molecule has 1 rings (SSSR count). The molecule has 0 saturated heterocycles. The fourth-order valence-electron chi connectivity index (χ4n) is 0.628. The summed E-state index contributed by atoms with van der Waals surface area (Å²) in [5.41, 5.74) is 1.09. The van der Waals surface area contributed by atoms with Gasteiger partial charge in [0.25, 0.3) is 0 Å². The van der Waals surface area contributed by atoms with Gasteiger partial charge in [-0.1, -0.05) is 12.1 Å². The third kappa shape index (κ3) is 5.26. The third-order valence-electron chi connectivity index (χ3n) is 1.00. The average molecular weight is 168 g/mol. The second-order valence-electron chi connectivity index (χ2n) is 1.84. The molecule has 0 aliphatic heterocycles. The van der Waals surface area contributed by atoms with Crippen LogP contribution in [0.3, 0.4) is 0 Å². The van der Waals surface area contributed by atoms with E-state index in [0.717, 1.165) is 5.56 Å². The maximum Gasteiger partial charge on any atom is 0.115 e. The van der Waals surface area contributed by atoms with Crippen LogP contribution in [0.25, 0.3) is 0 Å². The van der Waals surface area contributed by atoms with Gasteiger partial charge in [-0.15, -0.1) is 0 Å². The number of benzene rings is 1. The van der Waals surface area contributed by atoms with E-state index in [1.807, 2.05) is 19.1 Å². The number of aryl methyl sites for hydroxylation is 1. The lowest BCUT2D eigenvalue weighted by Gasteiger charge is -1.89. The summed E-state index contributed by atoms with van der Waals surface area (Å²) in [6.45, 7) is 1.94. The van der Waals surface area contributed by atoms with Gasteiger partial charge in [-0.2, -0.15) is 0 Å². The van der Waals surface area contributed by atoms with Crippen LogP contribution < -0.4 is 0 Å². The molecule has 0 amide bonds. The number of phenolic OH excluding ortho intramolecular Hbond substituents is 1. The van der Waals surface area contributed by atoms with Gasteiger partial charge in [0.2, 0.25) is 0 Å². The van der Waals surface area contributed by atoms with Gasteiger partial charge >= 0.3 is 0 Å². The van der Waals surface area contributed by atoms with Crippen LogP contribution in [-0.4, -0.2) is 5.11 Å². The molecule has 1 aromatic rings. The van der Waals surface area contributed by atoms with Crippen LogP contribution in [0, 0.1) is 6.92 Å². The lowest BCUT2D eigenvalue weighted by atomic mass is 10.2. The van der Waals surface area contributed by atoms with E-state index in [1.54, 1.807) is 12.1 Å². The van der Waals surface area contributed by atoms with Crippen LogP contribution >= 0.6 is 0 Å². The number of halogens is 3. The summed E-state index contributed by atoms with van der Waals surface area (Å²) >= 11 is 0. The van der Waals surface area contributed by atoms with Crippen molar-refractivity contribution in [2.45, 2.75) is 6.92 Å². The van der Waals surface area contributed by atoms with Crippen LogP contribution in [0.2, 0.25) is 0 Å². The van der Waals surface area contributed by atoms with Crippen molar-refractivity contribution in [1.82, 2.24) is 0 Å². The number of hydrogen-bond donors (Lipinski definition) is 1. The molecule has 0 spiro atoms. The van der Waals surface area contributed by atoms with Gasteiger partial charge < -0.3 is 5.11 Å². The first kappa shape index (κ1) is 16.4.